The highest BCUT2D eigenvalue weighted by atomic mass is 15.2. The molecule has 0 aromatic heterocycles. The molecule has 0 aliphatic carbocycles. The van der Waals surface area contributed by atoms with Crippen LogP contribution < -0.4 is 10.6 Å². The lowest BCUT2D eigenvalue weighted by Crippen LogP contribution is -2.42. The van der Waals surface area contributed by atoms with Crippen molar-refractivity contribution in [3.8, 4) is 0 Å². The first-order chi connectivity index (χ1) is 8.61. The maximum Gasteiger partial charge on any atom is 0.191 e. The van der Waals surface area contributed by atoms with Gasteiger partial charge in [0.2, 0.25) is 0 Å². The normalized spacial score (nSPS) is 12.3. The highest BCUT2D eigenvalue weighted by molar-refractivity contribution is 5.79. The molecule has 4 heteroatoms. The van der Waals surface area contributed by atoms with Gasteiger partial charge < -0.3 is 15.5 Å². The number of likely N-dealkylation sites (N-methyl/N-ethyl adjacent to an activating group) is 1. The number of hydrogen-bond acceptors (Lipinski definition) is 2. The first-order valence-corrected chi connectivity index (χ1v) is 7.34. The van der Waals surface area contributed by atoms with E-state index in [0.29, 0.717) is 6.04 Å². The van der Waals surface area contributed by atoms with E-state index in [1.54, 1.807) is 0 Å². The summed E-state index contributed by atoms with van der Waals surface area (Å²) in [5, 5.41) is 6.66. The first kappa shape index (κ1) is 17.2. The smallest absolute Gasteiger partial charge is 0.191 e. The van der Waals surface area contributed by atoms with E-state index in [4.69, 9.17) is 0 Å². The van der Waals surface area contributed by atoms with Crippen LogP contribution in [0.25, 0.3) is 0 Å². The molecule has 0 saturated heterocycles. The molecule has 0 rings (SSSR count). The van der Waals surface area contributed by atoms with Gasteiger partial charge in [0.15, 0.2) is 5.96 Å². The fourth-order valence-electron chi connectivity index (χ4n) is 1.50. The van der Waals surface area contributed by atoms with Crippen molar-refractivity contribution >= 4 is 5.96 Å². The van der Waals surface area contributed by atoms with Gasteiger partial charge in [0, 0.05) is 32.2 Å². The number of nitrogens with zero attached hydrogens (tertiary/aromatic N) is 2. The van der Waals surface area contributed by atoms with E-state index >= 15 is 0 Å². The third kappa shape index (κ3) is 9.28. The van der Waals surface area contributed by atoms with Crippen molar-refractivity contribution < 1.29 is 0 Å². The van der Waals surface area contributed by atoms with Crippen LogP contribution in [0.5, 0.6) is 0 Å². The average molecular weight is 256 g/mol. The maximum absolute atomic E-state index is 4.57. The summed E-state index contributed by atoms with van der Waals surface area (Å²) in [5.41, 5.74) is 0. The van der Waals surface area contributed by atoms with E-state index in [1.165, 1.54) is 19.3 Å². The quantitative estimate of drug-likeness (QED) is 0.377. The highest BCUT2D eigenvalue weighted by Crippen LogP contribution is 1.94. The monoisotopic (exact) mass is 256 g/mol. The van der Waals surface area contributed by atoms with Gasteiger partial charge in [-0.1, -0.05) is 19.8 Å². The highest BCUT2D eigenvalue weighted by Gasteiger charge is 2.02. The van der Waals surface area contributed by atoms with Crippen molar-refractivity contribution in [3.05, 3.63) is 0 Å². The second kappa shape index (κ2) is 11.3. The van der Waals surface area contributed by atoms with Crippen molar-refractivity contribution in [1.29, 1.82) is 0 Å². The van der Waals surface area contributed by atoms with Crippen LogP contribution in [0.3, 0.4) is 0 Å². The van der Waals surface area contributed by atoms with Gasteiger partial charge in [-0.15, -0.1) is 0 Å². The molecule has 0 fully saturated rings. The molecule has 0 radical (unpaired) electrons. The number of unbranched alkanes of at least 4 members (excludes halogenated alkanes) is 2. The second-order valence-corrected chi connectivity index (χ2v) is 4.97. The van der Waals surface area contributed by atoms with E-state index in [0.717, 1.165) is 32.1 Å². The molecule has 0 heterocycles. The van der Waals surface area contributed by atoms with Crippen molar-refractivity contribution in [2.75, 3.05) is 33.2 Å². The zero-order valence-electron chi connectivity index (χ0n) is 12.9. The summed E-state index contributed by atoms with van der Waals surface area (Å²) in [6.07, 6.45) is 3.69. The van der Waals surface area contributed by atoms with Gasteiger partial charge >= 0.3 is 0 Å². The van der Waals surface area contributed by atoms with Crippen LogP contribution in [0, 0.1) is 0 Å². The molecule has 0 aliphatic rings. The van der Waals surface area contributed by atoms with Crippen LogP contribution in [0.15, 0.2) is 4.99 Å². The molecule has 108 valence electrons. The van der Waals surface area contributed by atoms with Crippen LogP contribution in [-0.2, 0) is 0 Å². The van der Waals surface area contributed by atoms with E-state index in [2.05, 4.69) is 55.3 Å². The van der Waals surface area contributed by atoms with Crippen molar-refractivity contribution in [2.24, 2.45) is 4.99 Å². The molecule has 0 aromatic rings. The van der Waals surface area contributed by atoms with E-state index in [9.17, 15) is 0 Å². The topological polar surface area (TPSA) is 39.7 Å². The summed E-state index contributed by atoms with van der Waals surface area (Å²) < 4.78 is 0. The number of hydrogen-bond donors (Lipinski definition) is 2. The Kier molecular flexibility index (Phi) is 10.8. The van der Waals surface area contributed by atoms with E-state index in [-0.39, 0.29) is 0 Å². The molecule has 2 N–H and O–H groups in total. The predicted molar refractivity (Wildman–Crippen MR) is 81.3 cm³/mol. The molecular formula is C14H32N4. The Labute approximate surface area is 113 Å². The Hall–Kier alpha value is -0.770. The first-order valence-electron chi connectivity index (χ1n) is 7.34. The van der Waals surface area contributed by atoms with Gasteiger partial charge in [0.1, 0.15) is 0 Å². The fourth-order valence-corrected chi connectivity index (χ4v) is 1.50. The van der Waals surface area contributed by atoms with Crippen molar-refractivity contribution in [3.63, 3.8) is 0 Å². The minimum absolute atomic E-state index is 0.593. The molecule has 0 aliphatic heterocycles. The summed E-state index contributed by atoms with van der Waals surface area (Å²) >= 11 is 0. The van der Waals surface area contributed by atoms with Gasteiger partial charge in [0.25, 0.3) is 0 Å². The molecule has 0 bridgehead atoms. The molecule has 18 heavy (non-hydrogen) atoms. The SMILES string of the molecule is CCCCCN=C(NCC)NCCN(C)C(C)C. The van der Waals surface area contributed by atoms with Gasteiger partial charge in [0.05, 0.1) is 0 Å². The summed E-state index contributed by atoms with van der Waals surface area (Å²) in [7, 11) is 2.15. The largest absolute Gasteiger partial charge is 0.357 e. The Morgan fingerprint density at radius 3 is 2.44 bits per heavy atom. The lowest BCUT2D eigenvalue weighted by Gasteiger charge is -2.21. The van der Waals surface area contributed by atoms with Crippen LogP contribution in [0.4, 0.5) is 0 Å². The minimum Gasteiger partial charge on any atom is -0.357 e. The molecule has 0 unspecified atom stereocenters. The molecular weight excluding hydrogens is 224 g/mol. The Morgan fingerprint density at radius 1 is 1.17 bits per heavy atom. The third-order valence-electron chi connectivity index (χ3n) is 3.01. The van der Waals surface area contributed by atoms with Gasteiger partial charge in [-0.3, -0.25) is 4.99 Å². The van der Waals surface area contributed by atoms with Gasteiger partial charge in [-0.2, -0.15) is 0 Å². The molecule has 0 atom stereocenters. The second-order valence-electron chi connectivity index (χ2n) is 4.97. The summed E-state index contributed by atoms with van der Waals surface area (Å²) in [5.74, 6) is 0.950. The number of rotatable bonds is 9. The lowest BCUT2D eigenvalue weighted by molar-refractivity contribution is 0.278. The molecule has 0 saturated carbocycles. The van der Waals surface area contributed by atoms with Gasteiger partial charge in [-0.05, 0) is 34.2 Å². The van der Waals surface area contributed by atoms with Crippen LogP contribution in [0.2, 0.25) is 0 Å². The van der Waals surface area contributed by atoms with Crippen molar-refractivity contribution in [2.45, 2.75) is 53.0 Å². The Morgan fingerprint density at radius 2 is 1.89 bits per heavy atom. The van der Waals surface area contributed by atoms with Crippen LogP contribution in [-0.4, -0.2) is 50.1 Å². The fraction of sp³-hybridized carbons (Fsp3) is 0.929. The standard InChI is InChI=1S/C14H32N4/c1-6-8-9-10-16-14(15-7-2)17-11-12-18(5)13(3)4/h13H,6-12H2,1-5H3,(H2,15,16,17). The Balaban J connectivity index is 3.88. The molecule has 0 spiro atoms. The maximum atomic E-state index is 4.57. The lowest BCUT2D eigenvalue weighted by atomic mass is 10.2. The molecule has 0 amide bonds. The van der Waals surface area contributed by atoms with Crippen LogP contribution >= 0.6 is 0 Å². The number of aliphatic imine (C=N–C) groups is 1. The van der Waals surface area contributed by atoms with Crippen molar-refractivity contribution in [1.82, 2.24) is 15.5 Å². The zero-order valence-corrected chi connectivity index (χ0v) is 12.9. The van der Waals surface area contributed by atoms with Gasteiger partial charge in [-0.25, -0.2) is 0 Å². The minimum atomic E-state index is 0.593. The summed E-state index contributed by atoms with van der Waals surface area (Å²) in [6, 6.07) is 0.593. The predicted octanol–water partition coefficient (Wildman–Crippen LogP) is 2.07. The Bertz CT molecular complexity index is 214. The summed E-state index contributed by atoms with van der Waals surface area (Å²) in [4.78, 5) is 6.90. The summed E-state index contributed by atoms with van der Waals surface area (Å²) in [6.45, 7) is 12.6. The zero-order chi connectivity index (χ0) is 13.8. The number of nitrogens with one attached hydrogen (secondary N) is 2. The molecule has 0 aromatic carbocycles. The third-order valence-corrected chi connectivity index (χ3v) is 3.01. The van der Waals surface area contributed by atoms with E-state index in [1.807, 2.05) is 0 Å². The number of guanidine groups is 1. The molecule has 4 nitrogen and oxygen atoms in total. The van der Waals surface area contributed by atoms with E-state index < -0.39 is 0 Å². The van der Waals surface area contributed by atoms with Crippen LogP contribution in [0.1, 0.15) is 47.0 Å². The average Bonchev–Trinajstić information content (AvgIpc) is 2.34.